The first kappa shape index (κ1) is 69.2. The van der Waals surface area contributed by atoms with Crippen LogP contribution in [0.5, 0.6) is 0 Å². The number of aliphatic hydroxyl groups excluding tert-OH is 5. The molecule has 1 saturated heterocycles. The largest absolute Gasteiger partial charge is 0.394 e. The van der Waals surface area contributed by atoms with Crippen molar-refractivity contribution in [3.8, 4) is 0 Å². The third kappa shape index (κ3) is 42.3. The van der Waals surface area contributed by atoms with E-state index in [2.05, 4.69) is 19.2 Å². The maximum atomic E-state index is 13.1. The van der Waals surface area contributed by atoms with Gasteiger partial charge in [-0.2, -0.15) is 0 Å². The number of amides is 1. The fourth-order valence-corrected chi connectivity index (χ4v) is 10.9. The first-order valence-electron chi connectivity index (χ1n) is 32.2. The van der Waals surface area contributed by atoms with Crippen LogP contribution in [0.3, 0.4) is 0 Å². The summed E-state index contributed by atoms with van der Waals surface area (Å²) in [5.74, 6) is -0.134. The summed E-state index contributed by atoms with van der Waals surface area (Å²) in [5.41, 5.74) is 0. The average molecular weight is 1020 g/mol. The molecule has 1 aliphatic heterocycles. The van der Waals surface area contributed by atoms with Gasteiger partial charge in [0, 0.05) is 6.42 Å². The molecular weight excluding hydrogens is 899 g/mol. The molecule has 1 amide bonds. The summed E-state index contributed by atoms with van der Waals surface area (Å²) in [6.07, 6.45) is 58.6. The van der Waals surface area contributed by atoms with Gasteiger partial charge < -0.3 is 40.3 Å². The van der Waals surface area contributed by atoms with Gasteiger partial charge in [0.1, 0.15) is 24.4 Å². The Hall–Kier alpha value is -0.810. The van der Waals surface area contributed by atoms with Gasteiger partial charge in [0.15, 0.2) is 6.29 Å². The summed E-state index contributed by atoms with van der Waals surface area (Å²) < 4.78 is 11.4. The van der Waals surface area contributed by atoms with Gasteiger partial charge in [-0.3, -0.25) is 4.79 Å². The van der Waals surface area contributed by atoms with Crippen molar-refractivity contribution >= 4 is 5.91 Å². The van der Waals surface area contributed by atoms with Crippen LogP contribution in [0.1, 0.15) is 341 Å². The molecule has 0 aromatic rings. The van der Waals surface area contributed by atoms with Crippen LogP contribution in [0.4, 0.5) is 0 Å². The van der Waals surface area contributed by atoms with Crippen molar-refractivity contribution in [1.29, 1.82) is 0 Å². The summed E-state index contributed by atoms with van der Waals surface area (Å²) in [6.45, 7) is 3.90. The van der Waals surface area contributed by atoms with Crippen molar-refractivity contribution in [1.82, 2.24) is 5.32 Å². The first-order valence-corrected chi connectivity index (χ1v) is 32.2. The second-order valence-electron chi connectivity index (χ2n) is 22.9. The molecule has 72 heavy (non-hydrogen) atoms. The van der Waals surface area contributed by atoms with Gasteiger partial charge in [0.05, 0.1) is 25.4 Å². The lowest BCUT2D eigenvalue weighted by molar-refractivity contribution is -0.302. The lowest BCUT2D eigenvalue weighted by atomic mass is 9.99. The topological polar surface area (TPSA) is 149 Å². The van der Waals surface area contributed by atoms with Crippen LogP contribution in [-0.4, -0.2) is 87.5 Å². The zero-order valence-electron chi connectivity index (χ0n) is 48.0. The SMILES string of the molecule is CCCCCCCCCCCCCCCCCCCCCCCCCCCC(O)C(COC1OC(CO)C(O)C(O)C1O)NC(=O)CCCCCCCCCCCCCCCCCCCCCCCCCC. The number of carbonyl (C=O) groups is 1. The molecule has 9 nitrogen and oxygen atoms in total. The van der Waals surface area contributed by atoms with E-state index in [9.17, 15) is 30.3 Å². The summed E-state index contributed by atoms with van der Waals surface area (Å²) in [7, 11) is 0. The Bertz CT molecular complexity index is 1100. The highest BCUT2D eigenvalue weighted by Gasteiger charge is 2.44. The third-order valence-corrected chi connectivity index (χ3v) is 16.0. The zero-order valence-corrected chi connectivity index (χ0v) is 48.0. The van der Waals surface area contributed by atoms with E-state index >= 15 is 0 Å². The zero-order chi connectivity index (χ0) is 52.2. The van der Waals surface area contributed by atoms with E-state index in [0.717, 1.165) is 38.5 Å². The van der Waals surface area contributed by atoms with Gasteiger partial charge >= 0.3 is 0 Å². The van der Waals surface area contributed by atoms with Crippen LogP contribution in [0.15, 0.2) is 0 Å². The highest BCUT2D eigenvalue weighted by Crippen LogP contribution is 2.24. The van der Waals surface area contributed by atoms with Crippen LogP contribution >= 0.6 is 0 Å². The maximum Gasteiger partial charge on any atom is 0.220 e. The highest BCUT2D eigenvalue weighted by molar-refractivity contribution is 5.76. The van der Waals surface area contributed by atoms with Gasteiger partial charge in [0.25, 0.3) is 0 Å². The Kier molecular flexibility index (Phi) is 51.5. The normalized spacial score (nSPS) is 19.0. The fraction of sp³-hybridized carbons (Fsp3) is 0.984. The Labute approximate surface area is 446 Å². The molecule has 0 aliphatic carbocycles. The number of ether oxygens (including phenoxy) is 2. The third-order valence-electron chi connectivity index (χ3n) is 16.0. The molecule has 7 unspecified atom stereocenters. The molecule has 0 spiro atoms. The van der Waals surface area contributed by atoms with Gasteiger partial charge in [0.2, 0.25) is 5.91 Å². The molecule has 0 aromatic carbocycles. The number of carbonyl (C=O) groups excluding carboxylic acids is 1. The highest BCUT2D eigenvalue weighted by atomic mass is 16.7. The number of rotatable bonds is 57. The second-order valence-corrected chi connectivity index (χ2v) is 22.9. The van der Waals surface area contributed by atoms with Crippen LogP contribution in [0.25, 0.3) is 0 Å². The molecule has 7 atom stereocenters. The predicted molar refractivity (Wildman–Crippen MR) is 304 cm³/mol. The number of hydrogen-bond donors (Lipinski definition) is 6. The Morgan fingerprint density at radius 2 is 0.694 bits per heavy atom. The average Bonchev–Trinajstić information content (AvgIpc) is 3.38. The monoisotopic (exact) mass is 1020 g/mol. The van der Waals surface area contributed by atoms with Crippen molar-refractivity contribution in [3.05, 3.63) is 0 Å². The first-order chi connectivity index (χ1) is 35.3. The van der Waals surface area contributed by atoms with Gasteiger partial charge in [-0.15, -0.1) is 0 Å². The molecule has 0 saturated carbocycles. The predicted octanol–water partition coefficient (Wildman–Crippen LogP) is 16.6. The van der Waals surface area contributed by atoms with E-state index in [1.165, 1.54) is 276 Å². The van der Waals surface area contributed by atoms with Crippen LogP contribution in [0, 0.1) is 0 Å². The minimum atomic E-state index is -1.55. The smallest absolute Gasteiger partial charge is 0.220 e. The van der Waals surface area contributed by atoms with Crippen molar-refractivity contribution in [2.45, 2.75) is 384 Å². The number of unbranched alkanes of at least 4 members (excludes halogenated alkanes) is 47. The second kappa shape index (κ2) is 53.6. The molecule has 6 N–H and O–H groups in total. The minimum Gasteiger partial charge on any atom is -0.394 e. The lowest BCUT2D eigenvalue weighted by Gasteiger charge is -2.40. The van der Waals surface area contributed by atoms with E-state index in [1.807, 2.05) is 0 Å². The molecule has 9 heteroatoms. The molecular formula is C63H125NO8. The standard InChI is InChI=1S/C63H125NO8/c1-3-5-7-9-11-13-15-17-19-21-23-25-27-29-30-32-34-36-38-40-42-44-46-48-50-52-57(66)56(55-71-63-62(70)61(69)60(68)58(54-65)72-63)64-59(67)53-51-49-47-45-43-41-39-37-35-33-31-28-26-24-22-20-18-16-14-12-10-8-6-4-2/h56-58,60-63,65-66,68-70H,3-55H2,1-2H3,(H,64,67). The van der Waals surface area contributed by atoms with E-state index in [4.69, 9.17) is 9.47 Å². The summed E-state index contributed by atoms with van der Waals surface area (Å²) >= 11 is 0. The van der Waals surface area contributed by atoms with Gasteiger partial charge in [-0.1, -0.05) is 322 Å². The van der Waals surface area contributed by atoms with Crippen molar-refractivity contribution in [2.75, 3.05) is 13.2 Å². The van der Waals surface area contributed by atoms with E-state index in [-0.39, 0.29) is 12.5 Å². The maximum absolute atomic E-state index is 13.1. The summed E-state index contributed by atoms with van der Waals surface area (Å²) in [4.78, 5) is 13.1. The molecule has 0 radical (unpaired) electrons. The molecule has 1 fully saturated rings. The molecule has 0 aromatic heterocycles. The van der Waals surface area contributed by atoms with E-state index in [0.29, 0.717) is 12.8 Å². The van der Waals surface area contributed by atoms with Crippen molar-refractivity contribution in [2.24, 2.45) is 0 Å². The Morgan fingerprint density at radius 1 is 0.417 bits per heavy atom. The number of hydrogen-bond acceptors (Lipinski definition) is 8. The van der Waals surface area contributed by atoms with Crippen LogP contribution in [-0.2, 0) is 14.3 Å². The Morgan fingerprint density at radius 3 is 0.986 bits per heavy atom. The quantitative estimate of drug-likeness (QED) is 0.0330. The fourth-order valence-electron chi connectivity index (χ4n) is 10.9. The van der Waals surface area contributed by atoms with Crippen molar-refractivity contribution < 1.29 is 39.8 Å². The van der Waals surface area contributed by atoms with Gasteiger partial charge in [-0.25, -0.2) is 0 Å². The molecule has 1 rings (SSSR count). The Balaban J connectivity index is 2.14. The molecule has 0 bridgehead atoms. The molecule has 430 valence electrons. The minimum absolute atomic E-state index is 0.130. The molecule has 1 heterocycles. The number of aliphatic hydroxyl groups is 5. The van der Waals surface area contributed by atoms with Crippen LogP contribution in [0.2, 0.25) is 0 Å². The van der Waals surface area contributed by atoms with E-state index < -0.39 is 49.5 Å². The summed E-state index contributed by atoms with van der Waals surface area (Å²) in [5, 5.41) is 54.8. The van der Waals surface area contributed by atoms with Crippen molar-refractivity contribution in [3.63, 3.8) is 0 Å². The molecule has 1 aliphatic rings. The summed E-state index contributed by atoms with van der Waals surface area (Å²) in [6, 6.07) is -0.714. The van der Waals surface area contributed by atoms with E-state index in [1.54, 1.807) is 0 Å². The van der Waals surface area contributed by atoms with Crippen LogP contribution < -0.4 is 5.32 Å². The lowest BCUT2D eigenvalue weighted by Crippen LogP contribution is -2.60. The van der Waals surface area contributed by atoms with Gasteiger partial charge in [-0.05, 0) is 12.8 Å². The number of nitrogens with one attached hydrogen (secondary N) is 1.